The first-order valence-corrected chi connectivity index (χ1v) is 5.15. The van der Waals surface area contributed by atoms with Crippen LogP contribution in [0.5, 0.6) is 0 Å². The van der Waals surface area contributed by atoms with Crippen molar-refractivity contribution < 1.29 is 0 Å². The number of nitrogens with one attached hydrogen (secondary N) is 1. The van der Waals surface area contributed by atoms with Gasteiger partial charge in [-0.2, -0.15) is 0 Å². The van der Waals surface area contributed by atoms with Crippen LogP contribution in [0.25, 0.3) is 0 Å². The number of rotatable bonds is 2. The van der Waals surface area contributed by atoms with Gasteiger partial charge in [0.1, 0.15) is 0 Å². The quantitative estimate of drug-likeness (QED) is 0.675. The third-order valence-electron chi connectivity index (χ3n) is 2.90. The van der Waals surface area contributed by atoms with Crippen LogP contribution in [0.4, 0.5) is 0 Å². The summed E-state index contributed by atoms with van der Waals surface area (Å²) in [7, 11) is 2.08. The van der Waals surface area contributed by atoms with Gasteiger partial charge in [-0.25, -0.2) is 0 Å². The Bertz CT molecular complexity index is 123. The van der Waals surface area contributed by atoms with Gasteiger partial charge in [0.05, 0.1) is 0 Å². The Kier molecular flexibility index (Phi) is 4.02. The van der Waals surface area contributed by atoms with E-state index in [0.29, 0.717) is 0 Å². The molecule has 0 radical (unpaired) electrons. The average Bonchev–Trinajstić information content (AvgIpc) is 2.28. The lowest BCUT2D eigenvalue weighted by Gasteiger charge is -2.24. The maximum absolute atomic E-state index is 3.38. The second kappa shape index (κ2) is 4.83. The molecule has 1 N–H and O–H groups in total. The van der Waals surface area contributed by atoms with Crippen LogP contribution in [0.1, 0.15) is 33.1 Å². The normalized spacial score (nSPS) is 27.5. The molecular formula is C10H22N2. The maximum Gasteiger partial charge on any atom is 0.00767 e. The van der Waals surface area contributed by atoms with Gasteiger partial charge in [0.25, 0.3) is 0 Å². The summed E-state index contributed by atoms with van der Waals surface area (Å²) in [5.41, 5.74) is 0. The van der Waals surface area contributed by atoms with Crippen molar-refractivity contribution in [1.82, 2.24) is 10.2 Å². The zero-order chi connectivity index (χ0) is 8.97. The highest BCUT2D eigenvalue weighted by atomic mass is 15.1. The van der Waals surface area contributed by atoms with Crippen molar-refractivity contribution in [2.24, 2.45) is 0 Å². The molecule has 0 saturated carbocycles. The monoisotopic (exact) mass is 170 g/mol. The molecule has 0 aliphatic carbocycles. The fourth-order valence-corrected chi connectivity index (χ4v) is 1.92. The van der Waals surface area contributed by atoms with Crippen LogP contribution < -0.4 is 5.32 Å². The number of likely N-dealkylation sites (tertiary alicyclic amines) is 1. The third-order valence-corrected chi connectivity index (χ3v) is 2.90. The molecule has 0 aromatic rings. The zero-order valence-electron chi connectivity index (χ0n) is 8.64. The summed E-state index contributed by atoms with van der Waals surface area (Å²) in [4.78, 5) is 2.58. The molecule has 12 heavy (non-hydrogen) atoms. The summed E-state index contributed by atoms with van der Waals surface area (Å²) in [5.74, 6) is 0. The molecule has 0 bridgehead atoms. The van der Waals surface area contributed by atoms with Gasteiger partial charge >= 0.3 is 0 Å². The van der Waals surface area contributed by atoms with Crippen molar-refractivity contribution in [2.75, 3.05) is 20.1 Å². The van der Waals surface area contributed by atoms with Gasteiger partial charge in [-0.3, -0.25) is 0 Å². The van der Waals surface area contributed by atoms with E-state index in [0.717, 1.165) is 12.1 Å². The molecule has 1 aliphatic rings. The van der Waals surface area contributed by atoms with Crippen LogP contribution >= 0.6 is 0 Å². The van der Waals surface area contributed by atoms with E-state index in [-0.39, 0.29) is 0 Å². The maximum atomic E-state index is 3.38. The first-order chi connectivity index (χ1) is 5.74. The molecular weight excluding hydrogens is 148 g/mol. The number of hydrogen-bond acceptors (Lipinski definition) is 2. The fraction of sp³-hybridized carbons (Fsp3) is 1.00. The number of nitrogens with zero attached hydrogens (tertiary/aromatic N) is 1. The Morgan fingerprint density at radius 3 is 2.58 bits per heavy atom. The first-order valence-electron chi connectivity index (χ1n) is 5.15. The van der Waals surface area contributed by atoms with E-state index >= 15 is 0 Å². The topological polar surface area (TPSA) is 15.3 Å². The van der Waals surface area contributed by atoms with Crippen LogP contribution in [0.3, 0.4) is 0 Å². The Morgan fingerprint density at radius 2 is 2.00 bits per heavy atom. The zero-order valence-corrected chi connectivity index (χ0v) is 8.64. The first kappa shape index (κ1) is 10.0. The molecule has 0 aromatic heterocycles. The molecule has 2 heteroatoms. The molecule has 0 aromatic carbocycles. The molecule has 72 valence electrons. The minimum atomic E-state index is 0.723. The summed E-state index contributed by atoms with van der Waals surface area (Å²) < 4.78 is 0. The smallest absolute Gasteiger partial charge is 0.00767 e. The summed E-state index contributed by atoms with van der Waals surface area (Å²) in [6.45, 7) is 7.14. The van der Waals surface area contributed by atoms with Crippen molar-refractivity contribution in [1.29, 1.82) is 0 Å². The van der Waals surface area contributed by atoms with E-state index in [4.69, 9.17) is 0 Å². The lowest BCUT2D eigenvalue weighted by Crippen LogP contribution is -2.33. The van der Waals surface area contributed by atoms with Crippen LogP contribution in [0.2, 0.25) is 0 Å². The van der Waals surface area contributed by atoms with Gasteiger partial charge < -0.3 is 10.2 Å². The van der Waals surface area contributed by atoms with Crippen molar-refractivity contribution in [2.45, 2.75) is 45.2 Å². The standard InChI is InChI=1S/C10H22N2/c1-9(2)12-7-4-5-10(11-3)6-8-12/h9-11H,4-8H2,1-3H3/t10-/m0/s1. The second-order valence-electron chi connectivity index (χ2n) is 4.05. The molecule has 1 rings (SSSR count). The highest BCUT2D eigenvalue weighted by molar-refractivity contribution is 4.74. The van der Waals surface area contributed by atoms with Crippen molar-refractivity contribution >= 4 is 0 Å². The Labute approximate surface area is 76.3 Å². The summed E-state index contributed by atoms with van der Waals surface area (Å²) >= 11 is 0. The van der Waals surface area contributed by atoms with Gasteiger partial charge in [0.15, 0.2) is 0 Å². The molecule has 0 unspecified atom stereocenters. The molecule has 0 spiro atoms. The van der Waals surface area contributed by atoms with Crippen molar-refractivity contribution in [3.8, 4) is 0 Å². The number of hydrogen-bond donors (Lipinski definition) is 1. The van der Waals surface area contributed by atoms with Crippen LogP contribution in [-0.2, 0) is 0 Å². The van der Waals surface area contributed by atoms with E-state index in [1.807, 2.05) is 0 Å². The van der Waals surface area contributed by atoms with Gasteiger partial charge in [-0.05, 0) is 53.2 Å². The Hall–Kier alpha value is -0.0800. The van der Waals surface area contributed by atoms with Gasteiger partial charge in [0.2, 0.25) is 0 Å². The largest absolute Gasteiger partial charge is 0.317 e. The van der Waals surface area contributed by atoms with Crippen molar-refractivity contribution in [3.05, 3.63) is 0 Å². The average molecular weight is 170 g/mol. The summed E-state index contributed by atoms with van der Waals surface area (Å²) in [6, 6.07) is 1.48. The molecule has 1 saturated heterocycles. The van der Waals surface area contributed by atoms with E-state index in [1.165, 1.54) is 32.4 Å². The lowest BCUT2D eigenvalue weighted by molar-refractivity contribution is 0.229. The Balaban J connectivity index is 2.34. The summed E-state index contributed by atoms with van der Waals surface area (Å²) in [5, 5.41) is 3.38. The fourth-order valence-electron chi connectivity index (χ4n) is 1.92. The molecule has 1 heterocycles. The van der Waals surface area contributed by atoms with E-state index in [1.54, 1.807) is 0 Å². The highest BCUT2D eigenvalue weighted by Gasteiger charge is 2.16. The molecule has 0 amide bonds. The molecule has 1 aliphatic heterocycles. The lowest BCUT2D eigenvalue weighted by atomic mass is 10.1. The van der Waals surface area contributed by atoms with E-state index in [9.17, 15) is 0 Å². The Morgan fingerprint density at radius 1 is 1.25 bits per heavy atom. The van der Waals surface area contributed by atoms with Crippen molar-refractivity contribution in [3.63, 3.8) is 0 Å². The third kappa shape index (κ3) is 2.76. The second-order valence-corrected chi connectivity index (χ2v) is 4.05. The molecule has 1 fully saturated rings. The van der Waals surface area contributed by atoms with E-state index < -0.39 is 0 Å². The predicted octanol–water partition coefficient (Wildman–Crippen LogP) is 1.47. The SMILES string of the molecule is CN[C@H]1CCCN(C(C)C)CC1. The van der Waals surface area contributed by atoms with Gasteiger partial charge in [0, 0.05) is 12.1 Å². The van der Waals surface area contributed by atoms with Crippen LogP contribution in [-0.4, -0.2) is 37.1 Å². The minimum absolute atomic E-state index is 0.723. The highest BCUT2D eigenvalue weighted by Crippen LogP contribution is 2.12. The van der Waals surface area contributed by atoms with Crippen LogP contribution in [0, 0.1) is 0 Å². The minimum Gasteiger partial charge on any atom is -0.317 e. The van der Waals surface area contributed by atoms with E-state index in [2.05, 4.69) is 31.1 Å². The predicted molar refractivity (Wildman–Crippen MR) is 53.4 cm³/mol. The van der Waals surface area contributed by atoms with Crippen LogP contribution in [0.15, 0.2) is 0 Å². The van der Waals surface area contributed by atoms with Gasteiger partial charge in [-0.1, -0.05) is 0 Å². The summed E-state index contributed by atoms with van der Waals surface area (Å²) in [6.07, 6.45) is 4.01. The molecule has 2 nitrogen and oxygen atoms in total. The van der Waals surface area contributed by atoms with Gasteiger partial charge in [-0.15, -0.1) is 0 Å². The molecule has 1 atom stereocenters.